The van der Waals surface area contributed by atoms with E-state index in [0.717, 1.165) is 42.0 Å². The van der Waals surface area contributed by atoms with Crippen LogP contribution in [-0.2, 0) is 26.2 Å². The van der Waals surface area contributed by atoms with Gasteiger partial charge >= 0.3 is 0 Å². The van der Waals surface area contributed by atoms with E-state index in [0.29, 0.717) is 26.2 Å². The molecule has 0 bridgehead atoms. The van der Waals surface area contributed by atoms with Crippen molar-refractivity contribution < 1.29 is 18.0 Å². The Morgan fingerprint density at radius 2 is 1.47 bits per heavy atom. The van der Waals surface area contributed by atoms with Gasteiger partial charge in [-0.3, -0.25) is 13.9 Å². The molecule has 1 atom stereocenters. The summed E-state index contributed by atoms with van der Waals surface area (Å²) in [7, 11) is -4.22. The van der Waals surface area contributed by atoms with Crippen molar-refractivity contribution in [3.63, 3.8) is 0 Å². The maximum absolute atomic E-state index is 14.2. The SMILES string of the molecule is Cc1ccc(S(=O)(=O)N(CC(=O)N(Cc2c(Cl)cccc2Cl)[C@H](C)C(=O)NC2CCCCC2)c2cccc(Cl)c2C)cc1. The van der Waals surface area contributed by atoms with Crippen molar-refractivity contribution >= 4 is 62.3 Å². The smallest absolute Gasteiger partial charge is 0.264 e. The molecule has 0 aromatic heterocycles. The molecule has 7 nitrogen and oxygen atoms in total. The second kappa shape index (κ2) is 14.3. The molecule has 0 aliphatic heterocycles. The first kappa shape index (κ1) is 33.1. The average molecular weight is 665 g/mol. The lowest BCUT2D eigenvalue weighted by atomic mass is 9.95. The van der Waals surface area contributed by atoms with Gasteiger partial charge in [0.1, 0.15) is 12.6 Å². The molecule has 3 aromatic carbocycles. The van der Waals surface area contributed by atoms with Gasteiger partial charge in [0.05, 0.1) is 10.6 Å². The number of anilines is 1. The van der Waals surface area contributed by atoms with Gasteiger partial charge in [-0.15, -0.1) is 0 Å². The highest BCUT2D eigenvalue weighted by atomic mass is 35.5. The molecule has 0 saturated heterocycles. The first-order valence-electron chi connectivity index (χ1n) is 14.3. The zero-order valence-corrected chi connectivity index (χ0v) is 27.5. The third-order valence-electron chi connectivity index (χ3n) is 7.90. The molecule has 230 valence electrons. The van der Waals surface area contributed by atoms with Crippen LogP contribution in [0.25, 0.3) is 0 Å². The molecule has 11 heteroatoms. The van der Waals surface area contributed by atoms with Crippen molar-refractivity contribution in [2.75, 3.05) is 10.8 Å². The van der Waals surface area contributed by atoms with E-state index in [1.54, 1.807) is 62.4 Å². The van der Waals surface area contributed by atoms with Crippen LogP contribution in [0.2, 0.25) is 15.1 Å². The highest BCUT2D eigenvalue weighted by molar-refractivity contribution is 7.92. The molecule has 43 heavy (non-hydrogen) atoms. The maximum Gasteiger partial charge on any atom is 0.264 e. The fourth-order valence-corrected chi connectivity index (χ4v) is 7.38. The van der Waals surface area contributed by atoms with Crippen LogP contribution in [-0.4, -0.2) is 43.8 Å². The van der Waals surface area contributed by atoms with Crippen LogP contribution in [0.1, 0.15) is 55.7 Å². The minimum Gasteiger partial charge on any atom is -0.352 e. The number of hydrogen-bond donors (Lipinski definition) is 1. The number of carbonyl (C=O) groups is 2. The Balaban J connectivity index is 1.74. The van der Waals surface area contributed by atoms with Gasteiger partial charge in [0.15, 0.2) is 0 Å². The summed E-state index contributed by atoms with van der Waals surface area (Å²) in [5.41, 5.74) is 2.11. The zero-order chi connectivity index (χ0) is 31.3. The number of nitrogens with zero attached hydrogens (tertiary/aromatic N) is 2. The van der Waals surface area contributed by atoms with E-state index in [1.165, 1.54) is 17.0 Å². The standard InChI is InChI=1S/C32H36Cl3N3O4S/c1-21-15-17-25(18-16-21)43(41,42)38(30-14-8-11-27(33)22(30)2)20-31(39)37(19-26-28(34)12-7-13-29(26)35)23(3)32(40)36-24-9-5-4-6-10-24/h7-8,11-18,23-24H,4-6,9-10,19-20H2,1-3H3,(H,36,40)/t23-/m1/s1. The molecule has 1 aliphatic rings. The lowest BCUT2D eigenvalue weighted by molar-refractivity contribution is -0.139. The number of rotatable bonds is 10. The largest absolute Gasteiger partial charge is 0.352 e. The first-order valence-corrected chi connectivity index (χ1v) is 16.8. The Morgan fingerprint density at radius 1 is 0.884 bits per heavy atom. The number of amides is 2. The summed E-state index contributed by atoms with van der Waals surface area (Å²) in [6.45, 7) is 4.51. The van der Waals surface area contributed by atoms with Gasteiger partial charge in [0, 0.05) is 33.2 Å². The zero-order valence-electron chi connectivity index (χ0n) is 24.4. The molecule has 1 N–H and O–H groups in total. The van der Waals surface area contributed by atoms with Gasteiger partial charge in [-0.2, -0.15) is 0 Å². The van der Waals surface area contributed by atoms with Crippen LogP contribution >= 0.6 is 34.8 Å². The molecule has 1 aliphatic carbocycles. The number of halogens is 3. The van der Waals surface area contributed by atoms with Crippen LogP contribution in [0.4, 0.5) is 5.69 Å². The molecular weight excluding hydrogens is 629 g/mol. The predicted octanol–water partition coefficient (Wildman–Crippen LogP) is 7.33. The lowest BCUT2D eigenvalue weighted by Gasteiger charge is -2.34. The minimum absolute atomic E-state index is 0.0223. The quantitative estimate of drug-likeness (QED) is 0.246. The Labute approximate surface area is 269 Å². The van der Waals surface area contributed by atoms with Gasteiger partial charge in [-0.25, -0.2) is 8.42 Å². The monoisotopic (exact) mass is 663 g/mol. The summed E-state index contributed by atoms with van der Waals surface area (Å²) < 4.78 is 29.2. The van der Waals surface area contributed by atoms with E-state index in [9.17, 15) is 18.0 Å². The van der Waals surface area contributed by atoms with Gasteiger partial charge in [0.2, 0.25) is 11.8 Å². The molecule has 0 spiro atoms. The molecule has 0 unspecified atom stereocenters. The third kappa shape index (κ3) is 7.85. The minimum atomic E-state index is -4.22. The summed E-state index contributed by atoms with van der Waals surface area (Å²) in [5.74, 6) is -0.923. The van der Waals surface area contributed by atoms with E-state index in [-0.39, 0.29) is 29.1 Å². The molecular formula is C32H36Cl3N3O4S. The maximum atomic E-state index is 14.2. The van der Waals surface area contributed by atoms with Crippen molar-refractivity contribution in [2.45, 2.75) is 76.4 Å². The fourth-order valence-electron chi connectivity index (χ4n) is 5.22. The second-order valence-corrected chi connectivity index (χ2v) is 14.0. The van der Waals surface area contributed by atoms with Crippen LogP contribution in [0.5, 0.6) is 0 Å². The van der Waals surface area contributed by atoms with E-state index >= 15 is 0 Å². The van der Waals surface area contributed by atoms with Crippen molar-refractivity contribution in [2.24, 2.45) is 0 Å². The van der Waals surface area contributed by atoms with Gasteiger partial charge in [-0.1, -0.05) is 83.9 Å². The van der Waals surface area contributed by atoms with Crippen molar-refractivity contribution in [3.05, 3.63) is 92.4 Å². The van der Waals surface area contributed by atoms with E-state index < -0.39 is 28.5 Å². The Kier molecular flexibility index (Phi) is 11.0. The Bertz CT molecular complexity index is 1550. The fraction of sp³-hybridized carbons (Fsp3) is 0.375. The molecule has 0 radical (unpaired) electrons. The van der Waals surface area contributed by atoms with Gasteiger partial charge < -0.3 is 10.2 Å². The number of nitrogens with one attached hydrogen (secondary N) is 1. The topological polar surface area (TPSA) is 86.8 Å². The van der Waals surface area contributed by atoms with Crippen molar-refractivity contribution in [3.8, 4) is 0 Å². The van der Waals surface area contributed by atoms with E-state index in [4.69, 9.17) is 34.8 Å². The van der Waals surface area contributed by atoms with Crippen LogP contribution < -0.4 is 9.62 Å². The molecule has 1 fully saturated rings. The highest BCUT2D eigenvalue weighted by Gasteiger charge is 2.34. The number of aryl methyl sites for hydroxylation is 1. The summed E-state index contributed by atoms with van der Waals surface area (Å²) in [5, 5.41) is 4.11. The molecule has 0 heterocycles. The summed E-state index contributed by atoms with van der Waals surface area (Å²) in [6, 6.07) is 15.4. The summed E-state index contributed by atoms with van der Waals surface area (Å²) >= 11 is 19.4. The number of hydrogen-bond acceptors (Lipinski definition) is 4. The molecule has 1 saturated carbocycles. The normalized spacial score (nSPS) is 14.7. The van der Waals surface area contributed by atoms with Crippen molar-refractivity contribution in [1.82, 2.24) is 10.2 Å². The Morgan fingerprint density at radius 3 is 2.09 bits per heavy atom. The third-order valence-corrected chi connectivity index (χ3v) is 10.8. The highest BCUT2D eigenvalue weighted by Crippen LogP contribution is 2.32. The number of benzene rings is 3. The van der Waals surface area contributed by atoms with E-state index in [1.807, 2.05) is 6.92 Å². The van der Waals surface area contributed by atoms with E-state index in [2.05, 4.69) is 5.32 Å². The second-order valence-electron chi connectivity index (χ2n) is 11.0. The number of sulfonamides is 1. The molecule has 3 aromatic rings. The lowest BCUT2D eigenvalue weighted by Crippen LogP contribution is -2.53. The van der Waals surface area contributed by atoms with Crippen LogP contribution in [0.15, 0.2) is 65.6 Å². The molecule has 4 rings (SSSR count). The predicted molar refractivity (Wildman–Crippen MR) is 173 cm³/mol. The number of carbonyl (C=O) groups excluding carboxylic acids is 2. The van der Waals surface area contributed by atoms with Crippen LogP contribution in [0.3, 0.4) is 0 Å². The van der Waals surface area contributed by atoms with Gasteiger partial charge in [-0.05, 0) is 75.6 Å². The van der Waals surface area contributed by atoms with Crippen LogP contribution in [0, 0.1) is 13.8 Å². The summed E-state index contributed by atoms with van der Waals surface area (Å²) in [4.78, 5) is 29.1. The summed E-state index contributed by atoms with van der Waals surface area (Å²) in [6.07, 6.45) is 4.94. The van der Waals surface area contributed by atoms with Gasteiger partial charge in [0.25, 0.3) is 10.0 Å². The van der Waals surface area contributed by atoms with Crippen molar-refractivity contribution in [1.29, 1.82) is 0 Å². The molecule has 2 amide bonds. The first-order chi connectivity index (χ1) is 20.4. The average Bonchev–Trinajstić information content (AvgIpc) is 2.97. The Hall–Kier alpha value is -2.78.